The molecule has 0 spiro atoms. The van der Waals surface area contributed by atoms with Crippen LogP contribution in [0.5, 0.6) is 0 Å². The first-order chi connectivity index (χ1) is 10.9. The molecule has 6 heteroatoms. The summed E-state index contributed by atoms with van der Waals surface area (Å²) in [7, 11) is 0. The molecule has 0 radical (unpaired) electrons. The number of benzene rings is 2. The normalized spacial score (nSPS) is 15.7. The first-order valence-corrected chi connectivity index (χ1v) is 7.81. The lowest BCUT2D eigenvalue weighted by atomic mass is 10.1. The Morgan fingerprint density at radius 2 is 1.83 bits per heavy atom. The summed E-state index contributed by atoms with van der Waals surface area (Å²) < 4.78 is 5.21. The minimum absolute atomic E-state index is 0.168. The van der Waals surface area contributed by atoms with Crippen LogP contribution in [0, 0.1) is 6.92 Å². The van der Waals surface area contributed by atoms with Gasteiger partial charge in [-0.3, -0.25) is 0 Å². The summed E-state index contributed by atoms with van der Waals surface area (Å²) in [4.78, 5) is 16.2. The SMILES string of the molecule is Cc1ccc(C2=NC(=Cc3ccc(Cl)cc3Cl)C(=O)O2)cc1Cl. The average molecular weight is 367 g/mol. The van der Waals surface area contributed by atoms with Crippen LogP contribution in [-0.4, -0.2) is 11.9 Å². The van der Waals surface area contributed by atoms with Crippen LogP contribution >= 0.6 is 34.8 Å². The Morgan fingerprint density at radius 3 is 2.52 bits per heavy atom. The van der Waals surface area contributed by atoms with Crippen molar-refractivity contribution in [3.63, 3.8) is 0 Å². The van der Waals surface area contributed by atoms with Crippen LogP contribution in [0.25, 0.3) is 6.08 Å². The quantitative estimate of drug-likeness (QED) is 0.534. The summed E-state index contributed by atoms with van der Waals surface area (Å²) in [6, 6.07) is 10.3. The highest BCUT2D eigenvalue weighted by Gasteiger charge is 2.24. The van der Waals surface area contributed by atoms with Gasteiger partial charge in [0.05, 0.1) is 0 Å². The number of hydrogen-bond donors (Lipinski definition) is 0. The number of hydrogen-bond acceptors (Lipinski definition) is 3. The Labute approximate surface area is 148 Å². The molecule has 116 valence electrons. The lowest BCUT2D eigenvalue weighted by Gasteiger charge is -2.02. The van der Waals surface area contributed by atoms with Gasteiger partial charge in [-0.2, -0.15) is 0 Å². The highest BCUT2D eigenvalue weighted by molar-refractivity contribution is 6.35. The summed E-state index contributed by atoms with van der Waals surface area (Å²) in [5.41, 5.74) is 2.37. The fraction of sp³-hybridized carbons (Fsp3) is 0.0588. The molecule has 0 bridgehead atoms. The number of nitrogens with zero attached hydrogens (tertiary/aromatic N) is 1. The highest BCUT2D eigenvalue weighted by Crippen LogP contribution is 2.26. The van der Waals surface area contributed by atoms with E-state index >= 15 is 0 Å². The number of aliphatic imine (C=N–C) groups is 1. The second kappa shape index (κ2) is 6.36. The van der Waals surface area contributed by atoms with Crippen molar-refractivity contribution in [2.45, 2.75) is 6.92 Å². The molecule has 3 nitrogen and oxygen atoms in total. The van der Waals surface area contributed by atoms with Crippen molar-refractivity contribution in [3.8, 4) is 0 Å². The van der Waals surface area contributed by atoms with Gasteiger partial charge in [0.25, 0.3) is 0 Å². The molecule has 1 heterocycles. The lowest BCUT2D eigenvalue weighted by Crippen LogP contribution is -2.05. The molecule has 1 aliphatic rings. The predicted octanol–water partition coefficient (Wildman–Crippen LogP) is 5.30. The number of aryl methyl sites for hydroxylation is 1. The summed E-state index contributed by atoms with van der Waals surface area (Å²) in [5, 5.41) is 1.53. The van der Waals surface area contributed by atoms with E-state index in [4.69, 9.17) is 39.5 Å². The lowest BCUT2D eigenvalue weighted by molar-refractivity contribution is -0.129. The summed E-state index contributed by atoms with van der Waals surface area (Å²) in [6.45, 7) is 1.89. The predicted molar refractivity (Wildman–Crippen MR) is 93.3 cm³/mol. The third-order valence-corrected chi connectivity index (χ3v) is 4.26. The van der Waals surface area contributed by atoms with Gasteiger partial charge in [-0.15, -0.1) is 0 Å². The van der Waals surface area contributed by atoms with Gasteiger partial charge in [-0.1, -0.05) is 46.9 Å². The summed E-state index contributed by atoms with van der Waals surface area (Å²) >= 11 is 18.0. The van der Waals surface area contributed by atoms with Gasteiger partial charge in [-0.05, 0) is 48.4 Å². The monoisotopic (exact) mass is 365 g/mol. The van der Waals surface area contributed by atoms with Crippen molar-refractivity contribution in [2.24, 2.45) is 4.99 Å². The first-order valence-electron chi connectivity index (χ1n) is 6.68. The van der Waals surface area contributed by atoms with Crippen LogP contribution in [0.4, 0.5) is 0 Å². The number of cyclic esters (lactones) is 1. The molecule has 1 aliphatic heterocycles. The van der Waals surface area contributed by atoms with Crippen LogP contribution in [0.2, 0.25) is 15.1 Å². The molecule has 0 atom stereocenters. The second-order valence-corrected chi connectivity index (χ2v) is 6.22. The van der Waals surface area contributed by atoms with E-state index in [0.29, 0.717) is 26.2 Å². The van der Waals surface area contributed by atoms with E-state index in [1.807, 2.05) is 13.0 Å². The molecule has 0 aromatic heterocycles. The third kappa shape index (κ3) is 3.42. The number of carbonyl (C=O) groups excluding carboxylic acids is 1. The third-order valence-electron chi connectivity index (χ3n) is 3.29. The van der Waals surface area contributed by atoms with E-state index in [0.717, 1.165) is 5.56 Å². The van der Waals surface area contributed by atoms with Crippen LogP contribution in [-0.2, 0) is 9.53 Å². The maximum absolute atomic E-state index is 12.0. The van der Waals surface area contributed by atoms with E-state index in [9.17, 15) is 4.79 Å². The molecule has 2 aromatic carbocycles. The van der Waals surface area contributed by atoms with Gasteiger partial charge >= 0.3 is 5.97 Å². The summed E-state index contributed by atoms with van der Waals surface area (Å²) in [6.07, 6.45) is 1.56. The zero-order valence-corrected chi connectivity index (χ0v) is 14.2. The number of carbonyl (C=O) groups is 1. The van der Waals surface area contributed by atoms with Crippen LogP contribution in [0.1, 0.15) is 16.7 Å². The van der Waals surface area contributed by atoms with Crippen molar-refractivity contribution < 1.29 is 9.53 Å². The van der Waals surface area contributed by atoms with Gasteiger partial charge in [0, 0.05) is 20.6 Å². The number of rotatable bonds is 2. The smallest absolute Gasteiger partial charge is 0.363 e. The van der Waals surface area contributed by atoms with Crippen LogP contribution in [0.3, 0.4) is 0 Å². The molecular weight excluding hydrogens is 357 g/mol. The van der Waals surface area contributed by atoms with E-state index in [1.54, 1.807) is 36.4 Å². The Balaban J connectivity index is 1.97. The Bertz CT molecular complexity index is 872. The van der Waals surface area contributed by atoms with Gasteiger partial charge in [-0.25, -0.2) is 9.79 Å². The molecule has 3 rings (SSSR count). The van der Waals surface area contributed by atoms with Gasteiger partial charge in [0.2, 0.25) is 5.90 Å². The highest BCUT2D eigenvalue weighted by atomic mass is 35.5. The maximum Gasteiger partial charge on any atom is 0.363 e. The van der Waals surface area contributed by atoms with Crippen molar-refractivity contribution in [2.75, 3.05) is 0 Å². The fourth-order valence-electron chi connectivity index (χ4n) is 2.02. The minimum atomic E-state index is -0.539. The molecule has 0 fully saturated rings. The Morgan fingerprint density at radius 1 is 1.04 bits per heavy atom. The zero-order chi connectivity index (χ0) is 16.6. The van der Waals surface area contributed by atoms with Crippen molar-refractivity contribution in [1.29, 1.82) is 0 Å². The fourth-order valence-corrected chi connectivity index (χ4v) is 2.67. The molecule has 0 N–H and O–H groups in total. The van der Waals surface area contributed by atoms with Crippen molar-refractivity contribution >= 4 is 52.7 Å². The maximum atomic E-state index is 12.0. The summed E-state index contributed by atoms with van der Waals surface area (Å²) in [5.74, 6) is -0.323. The molecule has 0 aliphatic carbocycles. The van der Waals surface area contributed by atoms with Gasteiger partial charge in [0.1, 0.15) is 0 Å². The number of esters is 1. The van der Waals surface area contributed by atoms with Crippen molar-refractivity contribution in [1.82, 2.24) is 0 Å². The largest absolute Gasteiger partial charge is 0.402 e. The van der Waals surface area contributed by atoms with Crippen molar-refractivity contribution in [3.05, 3.63) is 73.9 Å². The number of halogens is 3. The van der Waals surface area contributed by atoms with Gasteiger partial charge < -0.3 is 4.74 Å². The molecular formula is C17H10Cl3NO2. The van der Waals surface area contributed by atoms with E-state index < -0.39 is 5.97 Å². The molecule has 23 heavy (non-hydrogen) atoms. The van der Waals surface area contributed by atoms with Gasteiger partial charge in [0.15, 0.2) is 5.70 Å². The first kappa shape index (κ1) is 16.1. The second-order valence-electron chi connectivity index (χ2n) is 4.97. The van der Waals surface area contributed by atoms with E-state index in [-0.39, 0.29) is 11.6 Å². The molecule has 2 aromatic rings. The average Bonchev–Trinajstić information content (AvgIpc) is 2.86. The Hall–Kier alpha value is -1.81. The number of ether oxygens (including phenoxy) is 1. The molecule has 0 unspecified atom stereocenters. The van der Waals surface area contributed by atoms with Crippen LogP contribution in [0.15, 0.2) is 47.1 Å². The molecule has 0 amide bonds. The minimum Gasteiger partial charge on any atom is -0.402 e. The van der Waals surface area contributed by atoms with E-state index in [1.165, 1.54) is 0 Å². The zero-order valence-electron chi connectivity index (χ0n) is 11.9. The van der Waals surface area contributed by atoms with Crippen LogP contribution < -0.4 is 0 Å². The molecule has 0 saturated carbocycles. The standard InChI is InChI=1S/C17H10Cl3NO2/c1-9-2-3-11(6-13(9)19)16-21-15(17(22)23-16)7-10-4-5-12(18)8-14(10)20/h2-8H,1H3. The molecule has 0 saturated heterocycles. The topological polar surface area (TPSA) is 38.7 Å². The Kier molecular flexibility index (Phi) is 4.44. The van der Waals surface area contributed by atoms with E-state index in [2.05, 4.69) is 4.99 Å².